The van der Waals surface area contributed by atoms with Crippen LogP contribution in [-0.4, -0.2) is 23.6 Å². The van der Waals surface area contributed by atoms with Crippen LogP contribution in [0.15, 0.2) is 42.5 Å². The van der Waals surface area contributed by atoms with Crippen LogP contribution in [0.2, 0.25) is 0 Å². The molecule has 2 aromatic rings. The van der Waals surface area contributed by atoms with Crippen molar-refractivity contribution in [2.45, 2.75) is 13.8 Å². The predicted molar refractivity (Wildman–Crippen MR) is 83.4 cm³/mol. The van der Waals surface area contributed by atoms with Crippen LogP contribution in [0.25, 0.3) is 0 Å². The second kappa shape index (κ2) is 6.76. The highest BCUT2D eigenvalue weighted by Gasteiger charge is 2.12. The minimum absolute atomic E-state index is 0.139. The smallest absolute Gasteiger partial charge is 0.336 e. The summed E-state index contributed by atoms with van der Waals surface area (Å²) in [5.74, 6) is -0.747. The molecule has 2 rings (SSSR count). The van der Waals surface area contributed by atoms with Crippen molar-refractivity contribution in [1.29, 1.82) is 0 Å². The van der Waals surface area contributed by atoms with E-state index in [1.165, 1.54) is 6.07 Å². The molecule has 0 aliphatic carbocycles. The van der Waals surface area contributed by atoms with Gasteiger partial charge >= 0.3 is 5.97 Å². The highest BCUT2D eigenvalue weighted by molar-refractivity contribution is 5.96. The number of ether oxygens (including phenoxy) is 1. The lowest BCUT2D eigenvalue weighted by molar-refractivity contribution is -0.118. The molecule has 2 N–H and O–H groups in total. The molecule has 1 amide bonds. The van der Waals surface area contributed by atoms with Crippen LogP contribution in [0.5, 0.6) is 5.75 Å². The Bertz CT molecular complexity index is 710. The number of anilines is 1. The lowest BCUT2D eigenvalue weighted by Gasteiger charge is -2.11. The van der Waals surface area contributed by atoms with Crippen molar-refractivity contribution in [3.05, 3.63) is 59.2 Å². The average Bonchev–Trinajstić information content (AvgIpc) is 2.47. The van der Waals surface area contributed by atoms with Gasteiger partial charge in [-0.25, -0.2) is 4.79 Å². The summed E-state index contributed by atoms with van der Waals surface area (Å²) in [6.07, 6.45) is 0. The number of carbonyl (C=O) groups is 2. The van der Waals surface area contributed by atoms with Crippen LogP contribution in [0, 0.1) is 13.8 Å². The van der Waals surface area contributed by atoms with Crippen LogP contribution in [0.1, 0.15) is 21.5 Å². The first-order valence-corrected chi connectivity index (χ1v) is 6.79. The molecule has 0 saturated carbocycles. The summed E-state index contributed by atoms with van der Waals surface area (Å²) in [5.41, 5.74) is 2.19. The van der Waals surface area contributed by atoms with E-state index in [0.717, 1.165) is 5.56 Å². The Morgan fingerprint density at radius 2 is 1.86 bits per heavy atom. The van der Waals surface area contributed by atoms with Gasteiger partial charge in [0.15, 0.2) is 6.61 Å². The maximum atomic E-state index is 11.9. The Kier molecular flexibility index (Phi) is 4.78. The third kappa shape index (κ3) is 3.85. The van der Waals surface area contributed by atoms with E-state index in [0.29, 0.717) is 17.0 Å². The molecule has 0 atom stereocenters. The van der Waals surface area contributed by atoms with Crippen LogP contribution in [0.4, 0.5) is 5.69 Å². The topological polar surface area (TPSA) is 75.6 Å². The van der Waals surface area contributed by atoms with E-state index in [2.05, 4.69) is 5.32 Å². The normalized spacial score (nSPS) is 10.1. The molecular weight excluding hydrogens is 282 g/mol. The summed E-state index contributed by atoms with van der Waals surface area (Å²) >= 11 is 0. The molecule has 0 aromatic heterocycles. The number of aryl methyl sites for hydroxylation is 1. The van der Waals surface area contributed by atoms with Crippen molar-refractivity contribution in [3.63, 3.8) is 0 Å². The summed E-state index contributed by atoms with van der Waals surface area (Å²) in [6, 6.07) is 12.1. The molecule has 114 valence electrons. The van der Waals surface area contributed by atoms with Gasteiger partial charge in [0.25, 0.3) is 5.91 Å². The first-order valence-electron chi connectivity index (χ1n) is 6.79. The number of nitrogens with one attached hydrogen (secondary N) is 1. The minimum Gasteiger partial charge on any atom is -0.484 e. The molecule has 0 heterocycles. The standard InChI is InChI=1S/C17H17NO4/c1-11-5-3-6-13(9-11)22-10-16(19)18-15-8-4-7-14(12(15)2)17(20)21/h3-9H,10H2,1-2H3,(H,18,19)(H,20,21). The summed E-state index contributed by atoms with van der Waals surface area (Å²) in [5, 5.41) is 11.7. The zero-order valence-corrected chi connectivity index (χ0v) is 12.4. The van der Waals surface area contributed by atoms with E-state index < -0.39 is 5.97 Å². The van der Waals surface area contributed by atoms with E-state index in [1.54, 1.807) is 25.1 Å². The van der Waals surface area contributed by atoms with E-state index in [-0.39, 0.29) is 18.1 Å². The fourth-order valence-corrected chi connectivity index (χ4v) is 2.04. The average molecular weight is 299 g/mol. The van der Waals surface area contributed by atoms with Crippen molar-refractivity contribution in [2.24, 2.45) is 0 Å². The van der Waals surface area contributed by atoms with Crippen molar-refractivity contribution < 1.29 is 19.4 Å². The molecule has 5 nitrogen and oxygen atoms in total. The number of aromatic carboxylic acids is 1. The number of amides is 1. The third-order valence-electron chi connectivity index (χ3n) is 3.20. The molecule has 5 heteroatoms. The number of benzene rings is 2. The van der Waals surface area contributed by atoms with Gasteiger partial charge in [0, 0.05) is 5.69 Å². The SMILES string of the molecule is Cc1cccc(OCC(=O)Nc2cccc(C(=O)O)c2C)c1. The van der Waals surface area contributed by atoms with Crippen LogP contribution in [0.3, 0.4) is 0 Å². The Labute approximate surface area is 128 Å². The number of carboxylic acid groups (broad SMARTS) is 1. The monoisotopic (exact) mass is 299 g/mol. The first-order chi connectivity index (χ1) is 10.5. The van der Waals surface area contributed by atoms with Crippen LogP contribution in [-0.2, 0) is 4.79 Å². The summed E-state index contributed by atoms with van der Waals surface area (Å²) in [7, 11) is 0. The molecular formula is C17H17NO4. The molecule has 0 saturated heterocycles. The fourth-order valence-electron chi connectivity index (χ4n) is 2.04. The first kappa shape index (κ1) is 15.6. The zero-order valence-electron chi connectivity index (χ0n) is 12.4. The minimum atomic E-state index is -1.02. The molecule has 2 aromatic carbocycles. The predicted octanol–water partition coefficient (Wildman–Crippen LogP) is 3.02. The van der Waals surface area contributed by atoms with Crippen molar-refractivity contribution in [3.8, 4) is 5.75 Å². The Hall–Kier alpha value is -2.82. The van der Waals surface area contributed by atoms with Gasteiger partial charge in [-0.1, -0.05) is 18.2 Å². The van der Waals surface area contributed by atoms with E-state index in [4.69, 9.17) is 9.84 Å². The Morgan fingerprint density at radius 3 is 2.55 bits per heavy atom. The van der Waals surface area contributed by atoms with Gasteiger partial charge < -0.3 is 15.2 Å². The van der Waals surface area contributed by atoms with Crippen molar-refractivity contribution >= 4 is 17.6 Å². The van der Waals surface area contributed by atoms with Gasteiger partial charge in [-0.05, 0) is 49.2 Å². The Balaban J connectivity index is 2.01. The second-order valence-electron chi connectivity index (χ2n) is 4.94. The lowest BCUT2D eigenvalue weighted by atomic mass is 10.1. The van der Waals surface area contributed by atoms with Crippen LogP contribution < -0.4 is 10.1 Å². The maximum Gasteiger partial charge on any atom is 0.336 e. The number of rotatable bonds is 5. The fraction of sp³-hybridized carbons (Fsp3) is 0.176. The lowest BCUT2D eigenvalue weighted by Crippen LogP contribution is -2.21. The van der Waals surface area contributed by atoms with Crippen LogP contribution >= 0.6 is 0 Å². The molecule has 0 radical (unpaired) electrons. The summed E-state index contributed by atoms with van der Waals surface area (Å²) < 4.78 is 5.41. The highest BCUT2D eigenvalue weighted by atomic mass is 16.5. The molecule has 0 unspecified atom stereocenters. The van der Waals surface area contributed by atoms with Gasteiger partial charge in [0.1, 0.15) is 5.75 Å². The number of hydrogen-bond acceptors (Lipinski definition) is 3. The highest BCUT2D eigenvalue weighted by Crippen LogP contribution is 2.19. The van der Waals surface area contributed by atoms with Gasteiger partial charge in [0.05, 0.1) is 5.56 Å². The second-order valence-corrected chi connectivity index (χ2v) is 4.94. The molecule has 0 bridgehead atoms. The molecule has 0 aliphatic rings. The van der Waals surface area contributed by atoms with E-state index in [1.807, 2.05) is 25.1 Å². The zero-order chi connectivity index (χ0) is 16.1. The largest absolute Gasteiger partial charge is 0.484 e. The summed E-state index contributed by atoms with van der Waals surface area (Å²) in [6.45, 7) is 3.45. The number of carbonyl (C=O) groups excluding carboxylic acids is 1. The van der Waals surface area contributed by atoms with Crippen molar-refractivity contribution in [2.75, 3.05) is 11.9 Å². The number of hydrogen-bond donors (Lipinski definition) is 2. The quantitative estimate of drug-likeness (QED) is 0.890. The van der Waals surface area contributed by atoms with Gasteiger partial charge in [-0.2, -0.15) is 0 Å². The maximum absolute atomic E-state index is 11.9. The van der Waals surface area contributed by atoms with E-state index >= 15 is 0 Å². The third-order valence-corrected chi connectivity index (χ3v) is 3.20. The molecule has 0 aliphatic heterocycles. The summed E-state index contributed by atoms with van der Waals surface area (Å²) in [4.78, 5) is 23.0. The molecule has 22 heavy (non-hydrogen) atoms. The Morgan fingerprint density at radius 1 is 1.14 bits per heavy atom. The molecule has 0 spiro atoms. The van der Waals surface area contributed by atoms with E-state index in [9.17, 15) is 9.59 Å². The van der Waals surface area contributed by atoms with Gasteiger partial charge in [-0.3, -0.25) is 4.79 Å². The van der Waals surface area contributed by atoms with Gasteiger partial charge in [0.2, 0.25) is 0 Å². The van der Waals surface area contributed by atoms with Gasteiger partial charge in [-0.15, -0.1) is 0 Å². The van der Waals surface area contributed by atoms with Crippen molar-refractivity contribution in [1.82, 2.24) is 0 Å². The number of carboxylic acids is 1. The molecule has 0 fully saturated rings.